The van der Waals surface area contributed by atoms with Crippen molar-refractivity contribution in [2.24, 2.45) is 5.10 Å². The fourth-order valence-electron chi connectivity index (χ4n) is 2.28. The molecular weight excluding hydrogens is 280 g/mol. The Hall–Kier alpha value is -2.20. The van der Waals surface area contributed by atoms with Gasteiger partial charge in [-0.1, -0.05) is 37.6 Å². The van der Waals surface area contributed by atoms with Crippen LogP contribution in [0.25, 0.3) is 6.08 Å². The topological polar surface area (TPSA) is 32.7 Å². The van der Waals surface area contributed by atoms with Crippen LogP contribution in [0, 0.1) is 0 Å². The summed E-state index contributed by atoms with van der Waals surface area (Å²) in [4.78, 5) is 13.7. The Kier molecular flexibility index (Phi) is 3.97. The number of nitrogens with zero attached hydrogens (tertiary/aromatic N) is 2. The maximum atomic E-state index is 12.7. The molecule has 21 heavy (non-hydrogen) atoms. The quantitative estimate of drug-likeness (QED) is 0.773. The van der Waals surface area contributed by atoms with Crippen LogP contribution >= 0.6 is 11.3 Å². The van der Waals surface area contributed by atoms with E-state index in [9.17, 15) is 4.79 Å². The van der Waals surface area contributed by atoms with E-state index in [4.69, 9.17) is 0 Å². The Bertz CT molecular complexity index is 687. The van der Waals surface area contributed by atoms with Crippen LogP contribution in [0.15, 0.2) is 58.5 Å². The second-order valence-corrected chi connectivity index (χ2v) is 5.80. The van der Waals surface area contributed by atoms with Crippen LogP contribution < -0.4 is 5.01 Å². The molecule has 0 bridgehead atoms. The van der Waals surface area contributed by atoms with E-state index in [1.807, 2.05) is 53.9 Å². The molecular formula is C17H16N2OS. The van der Waals surface area contributed by atoms with Gasteiger partial charge in [0.1, 0.15) is 0 Å². The van der Waals surface area contributed by atoms with Gasteiger partial charge in [-0.3, -0.25) is 4.79 Å². The first-order valence-electron chi connectivity index (χ1n) is 7.02. The van der Waals surface area contributed by atoms with Gasteiger partial charge in [-0.25, -0.2) is 0 Å². The minimum Gasteiger partial charge on any atom is -0.267 e. The summed E-state index contributed by atoms with van der Waals surface area (Å²) in [5, 5.41) is 8.04. The lowest BCUT2D eigenvalue weighted by Crippen LogP contribution is -2.21. The Labute approximate surface area is 128 Å². The van der Waals surface area contributed by atoms with Crippen molar-refractivity contribution in [1.29, 1.82) is 0 Å². The van der Waals surface area contributed by atoms with Gasteiger partial charge in [0.25, 0.3) is 5.91 Å². The molecule has 0 N–H and O–H groups in total. The van der Waals surface area contributed by atoms with Gasteiger partial charge in [-0.2, -0.15) is 10.1 Å². The zero-order valence-corrected chi connectivity index (χ0v) is 12.6. The highest BCUT2D eigenvalue weighted by atomic mass is 32.1. The smallest absolute Gasteiger partial charge is 0.267 e. The summed E-state index contributed by atoms with van der Waals surface area (Å²) in [5.74, 6) is -0.0435. The molecule has 1 aromatic heterocycles. The lowest BCUT2D eigenvalue weighted by atomic mass is 10.1. The van der Waals surface area contributed by atoms with Gasteiger partial charge in [0.05, 0.1) is 17.0 Å². The van der Waals surface area contributed by atoms with E-state index in [0.717, 1.165) is 29.1 Å². The van der Waals surface area contributed by atoms with E-state index in [1.54, 1.807) is 11.3 Å². The zero-order chi connectivity index (χ0) is 14.7. The summed E-state index contributed by atoms with van der Waals surface area (Å²) >= 11 is 1.63. The van der Waals surface area contributed by atoms with Crippen molar-refractivity contribution in [3.63, 3.8) is 0 Å². The number of thiophene rings is 1. The first kappa shape index (κ1) is 13.8. The van der Waals surface area contributed by atoms with Crippen LogP contribution in [0.1, 0.15) is 24.6 Å². The number of benzene rings is 1. The van der Waals surface area contributed by atoms with E-state index in [1.165, 1.54) is 5.01 Å². The SMILES string of the molecule is CCCC1=NN(c2ccccc2)C(=O)C1=Cc1cccs1. The maximum Gasteiger partial charge on any atom is 0.280 e. The summed E-state index contributed by atoms with van der Waals surface area (Å²) in [6.07, 6.45) is 3.73. The lowest BCUT2D eigenvalue weighted by molar-refractivity contribution is -0.114. The summed E-state index contributed by atoms with van der Waals surface area (Å²) in [6.45, 7) is 2.10. The summed E-state index contributed by atoms with van der Waals surface area (Å²) in [5.41, 5.74) is 2.40. The number of carbonyl (C=O) groups is 1. The molecule has 0 unspecified atom stereocenters. The number of para-hydroxylation sites is 1. The number of hydrazone groups is 1. The first-order valence-corrected chi connectivity index (χ1v) is 7.90. The van der Waals surface area contributed by atoms with Crippen molar-refractivity contribution in [3.8, 4) is 0 Å². The molecule has 2 heterocycles. The minimum absolute atomic E-state index is 0.0435. The van der Waals surface area contributed by atoms with Gasteiger partial charge in [-0.15, -0.1) is 11.3 Å². The first-order chi connectivity index (χ1) is 10.3. The van der Waals surface area contributed by atoms with Crippen LogP contribution in [0.5, 0.6) is 0 Å². The summed E-state index contributed by atoms with van der Waals surface area (Å²) < 4.78 is 0. The molecule has 106 valence electrons. The molecule has 3 rings (SSSR count). The van der Waals surface area contributed by atoms with Gasteiger partial charge in [-0.05, 0) is 36.1 Å². The van der Waals surface area contributed by atoms with Crippen LogP contribution in [-0.2, 0) is 4.79 Å². The van der Waals surface area contributed by atoms with Crippen LogP contribution in [0.2, 0.25) is 0 Å². The number of rotatable bonds is 4. The molecule has 0 atom stereocenters. The van der Waals surface area contributed by atoms with E-state index in [2.05, 4.69) is 12.0 Å². The lowest BCUT2D eigenvalue weighted by Gasteiger charge is -2.10. The normalized spacial score (nSPS) is 16.6. The Morgan fingerprint density at radius 1 is 1.19 bits per heavy atom. The average molecular weight is 296 g/mol. The van der Waals surface area contributed by atoms with Crippen LogP contribution in [-0.4, -0.2) is 11.6 Å². The van der Waals surface area contributed by atoms with E-state index < -0.39 is 0 Å². The molecule has 0 saturated carbocycles. The Balaban J connectivity index is 1.98. The van der Waals surface area contributed by atoms with E-state index in [-0.39, 0.29) is 5.91 Å². The maximum absolute atomic E-state index is 12.7. The monoisotopic (exact) mass is 296 g/mol. The second kappa shape index (κ2) is 6.06. The number of amides is 1. The molecule has 2 aromatic rings. The van der Waals surface area contributed by atoms with Crippen molar-refractivity contribution in [3.05, 3.63) is 58.3 Å². The predicted octanol–water partition coefficient (Wildman–Crippen LogP) is 4.33. The zero-order valence-electron chi connectivity index (χ0n) is 11.8. The molecule has 0 radical (unpaired) electrons. The average Bonchev–Trinajstić information content (AvgIpc) is 3.12. The highest BCUT2D eigenvalue weighted by Gasteiger charge is 2.30. The third-order valence-electron chi connectivity index (χ3n) is 3.27. The fourth-order valence-corrected chi connectivity index (χ4v) is 2.94. The molecule has 1 aliphatic rings. The Morgan fingerprint density at radius 2 is 2.00 bits per heavy atom. The molecule has 0 saturated heterocycles. The molecule has 0 fully saturated rings. The predicted molar refractivity (Wildman–Crippen MR) is 88.6 cm³/mol. The molecule has 0 aliphatic carbocycles. The number of hydrogen-bond donors (Lipinski definition) is 0. The van der Waals surface area contributed by atoms with Crippen molar-refractivity contribution in [1.82, 2.24) is 0 Å². The van der Waals surface area contributed by atoms with Crippen molar-refractivity contribution < 1.29 is 4.79 Å². The number of hydrogen-bond acceptors (Lipinski definition) is 3. The summed E-state index contributed by atoms with van der Waals surface area (Å²) in [7, 11) is 0. The van der Waals surface area contributed by atoms with Crippen molar-refractivity contribution in [2.45, 2.75) is 19.8 Å². The highest BCUT2D eigenvalue weighted by molar-refractivity contribution is 7.10. The fraction of sp³-hybridized carbons (Fsp3) is 0.176. The minimum atomic E-state index is -0.0435. The van der Waals surface area contributed by atoms with Gasteiger partial charge in [0.15, 0.2) is 0 Å². The van der Waals surface area contributed by atoms with Crippen LogP contribution in [0.4, 0.5) is 5.69 Å². The number of carbonyl (C=O) groups excluding carboxylic acids is 1. The molecule has 1 amide bonds. The summed E-state index contributed by atoms with van der Waals surface area (Å²) in [6, 6.07) is 13.6. The van der Waals surface area contributed by atoms with E-state index >= 15 is 0 Å². The van der Waals surface area contributed by atoms with E-state index in [0.29, 0.717) is 5.57 Å². The number of anilines is 1. The molecule has 4 heteroatoms. The molecule has 1 aliphatic heterocycles. The van der Waals surface area contributed by atoms with Crippen LogP contribution in [0.3, 0.4) is 0 Å². The standard InChI is InChI=1S/C17H16N2OS/c1-2-7-16-15(12-14-10-6-11-21-14)17(20)19(18-16)13-8-4-3-5-9-13/h3-6,8-12H,2,7H2,1H3. The second-order valence-electron chi connectivity index (χ2n) is 4.82. The van der Waals surface area contributed by atoms with Gasteiger partial charge < -0.3 is 0 Å². The third kappa shape index (κ3) is 2.81. The van der Waals surface area contributed by atoms with Crippen molar-refractivity contribution in [2.75, 3.05) is 5.01 Å². The van der Waals surface area contributed by atoms with Gasteiger partial charge in [0, 0.05) is 4.88 Å². The Morgan fingerprint density at radius 3 is 2.67 bits per heavy atom. The van der Waals surface area contributed by atoms with Crippen molar-refractivity contribution >= 4 is 34.7 Å². The highest BCUT2D eigenvalue weighted by Crippen LogP contribution is 2.27. The van der Waals surface area contributed by atoms with Gasteiger partial charge in [0.2, 0.25) is 0 Å². The van der Waals surface area contributed by atoms with Gasteiger partial charge >= 0.3 is 0 Å². The largest absolute Gasteiger partial charge is 0.280 e. The molecule has 0 spiro atoms. The third-order valence-corrected chi connectivity index (χ3v) is 4.09. The molecule has 3 nitrogen and oxygen atoms in total. The molecule has 1 aromatic carbocycles.